The van der Waals surface area contributed by atoms with Crippen LogP contribution in [-0.2, 0) is 11.2 Å². The molecule has 2 aromatic heterocycles. The molecular formula is C22H17FN4O3S2. The molecule has 0 radical (unpaired) electrons. The van der Waals surface area contributed by atoms with Gasteiger partial charge in [-0.05, 0) is 30.3 Å². The average Bonchev–Trinajstić information content (AvgIpc) is 3.43. The summed E-state index contributed by atoms with van der Waals surface area (Å²) in [5.74, 6) is -0.887. The van der Waals surface area contributed by atoms with Crippen LogP contribution in [0.2, 0.25) is 0 Å². The minimum absolute atomic E-state index is 0.0315. The molecule has 0 aliphatic heterocycles. The van der Waals surface area contributed by atoms with Gasteiger partial charge in [0, 0.05) is 21.9 Å². The molecule has 32 heavy (non-hydrogen) atoms. The number of benzene rings is 2. The highest BCUT2D eigenvalue weighted by molar-refractivity contribution is 7.14. The van der Waals surface area contributed by atoms with Crippen LogP contribution in [0.4, 0.5) is 14.7 Å². The molecule has 2 amide bonds. The highest BCUT2D eigenvalue weighted by Gasteiger charge is 2.14. The van der Waals surface area contributed by atoms with Crippen LogP contribution in [0, 0.1) is 5.82 Å². The van der Waals surface area contributed by atoms with Crippen molar-refractivity contribution in [3.05, 3.63) is 76.4 Å². The van der Waals surface area contributed by atoms with Crippen molar-refractivity contribution in [1.82, 2.24) is 9.97 Å². The molecule has 10 heteroatoms. The van der Waals surface area contributed by atoms with Crippen LogP contribution in [-0.4, -0.2) is 28.9 Å². The molecule has 0 saturated heterocycles. The normalized spacial score (nSPS) is 10.6. The van der Waals surface area contributed by atoms with E-state index in [-0.39, 0.29) is 24.0 Å². The molecule has 0 bridgehead atoms. The van der Waals surface area contributed by atoms with Crippen molar-refractivity contribution in [3.8, 4) is 17.0 Å². The monoisotopic (exact) mass is 468 g/mol. The zero-order chi connectivity index (χ0) is 22.5. The molecule has 4 rings (SSSR count). The molecule has 0 saturated carbocycles. The average molecular weight is 469 g/mol. The Morgan fingerprint density at radius 2 is 1.75 bits per heavy atom. The number of carbonyl (C=O) groups is 2. The Morgan fingerprint density at radius 1 is 1.00 bits per heavy atom. The molecule has 0 unspecified atom stereocenters. The molecule has 4 aromatic rings. The second-order valence-corrected chi connectivity index (χ2v) is 8.29. The van der Waals surface area contributed by atoms with Crippen molar-refractivity contribution < 1.29 is 18.7 Å². The van der Waals surface area contributed by atoms with Gasteiger partial charge in [-0.15, -0.1) is 22.7 Å². The van der Waals surface area contributed by atoms with Gasteiger partial charge in [0.15, 0.2) is 21.8 Å². The number of anilines is 2. The number of hydrogen-bond acceptors (Lipinski definition) is 7. The highest BCUT2D eigenvalue weighted by atomic mass is 32.1. The first-order chi connectivity index (χ1) is 15.5. The SMILES string of the molecule is COc1ccc(-c2csc(NC(=O)Cc3csc(NC(=O)c4ccccc4)n3)n2)cc1F. The number of thiazole rings is 2. The maximum Gasteiger partial charge on any atom is 0.257 e. The van der Waals surface area contributed by atoms with Gasteiger partial charge in [0.25, 0.3) is 5.91 Å². The van der Waals surface area contributed by atoms with Crippen molar-refractivity contribution in [2.24, 2.45) is 0 Å². The van der Waals surface area contributed by atoms with E-state index in [2.05, 4.69) is 20.6 Å². The fraction of sp³-hybridized carbons (Fsp3) is 0.0909. The zero-order valence-corrected chi connectivity index (χ0v) is 18.4. The van der Waals surface area contributed by atoms with Gasteiger partial charge < -0.3 is 10.1 Å². The lowest BCUT2D eigenvalue weighted by Crippen LogP contribution is -2.15. The number of amides is 2. The van der Waals surface area contributed by atoms with E-state index in [1.54, 1.807) is 41.1 Å². The lowest BCUT2D eigenvalue weighted by molar-refractivity contribution is -0.115. The number of methoxy groups -OCH3 is 1. The van der Waals surface area contributed by atoms with Crippen molar-refractivity contribution in [1.29, 1.82) is 0 Å². The van der Waals surface area contributed by atoms with Crippen LogP contribution in [0.15, 0.2) is 59.3 Å². The van der Waals surface area contributed by atoms with E-state index in [1.165, 1.54) is 41.9 Å². The third-order valence-electron chi connectivity index (χ3n) is 4.35. The number of halogens is 1. The first-order valence-electron chi connectivity index (χ1n) is 9.42. The topological polar surface area (TPSA) is 93.2 Å². The van der Waals surface area contributed by atoms with E-state index < -0.39 is 5.82 Å². The number of nitrogens with zero attached hydrogens (tertiary/aromatic N) is 2. The summed E-state index contributed by atoms with van der Waals surface area (Å²) in [6.45, 7) is 0. The Labute approximate surface area is 190 Å². The van der Waals surface area contributed by atoms with Crippen LogP contribution in [0.25, 0.3) is 11.3 Å². The first-order valence-corrected chi connectivity index (χ1v) is 11.2. The molecule has 2 heterocycles. The number of rotatable bonds is 7. The number of nitrogens with one attached hydrogen (secondary N) is 2. The Balaban J connectivity index is 1.35. The maximum absolute atomic E-state index is 13.9. The summed E-state index contributed by atoms with van der Waals surface area (Å²) in [5.41, 5.74) is 2.19. The predicted octanol–water partition coefficient (Wildman–Crippen LogP) is 4.85. The third-order valence-corrected chi connectivity index (χ3v) is 5.91. The molecule has 0 aliphatic carbocycles. The number of ether oxygens (including phenoxy) is 1. The first kappa shape index (κ1) is 21.6. The summed E-state index contributed by atoms with van der Waals surface area (Å²) >= 11 is 2.48. The van der Waals surface area contributed by atoms with Crippen LogP contribution in [0.5, 0.6) is 5.75 Å². The molecule has 0 fully saturated rings. The number of hydrogen-bond donors (Lipinski definition) is 2. The van der Waals surface area contributed by atoms with E-state index in [9.17, 15) is 14.0 Å². The van der Waals surface area contributed by atoms with Gasteiger partial charge in [-0.3, -0.25) is 14.9 Å². The molecule has 162 valence electrons. The van der Waals surface area contributed by atoms with E-state index in [0.717, 1.165) is 0 Å². The molecule has 0 spiro atoms. The zero-order valence-electron chi connectivity index (χ0n) is 16.8. The van der Waals surface area contributed by atoms with Crippen molar-refractivity contribution >= 4 is 44.8 Å². The molecule has 0 aliphatic rings. The van der Waals surface area contributed by atoms with E-state index in [4.69, 9.17) is 4.74 Å². The van der Waals surface area contributed by atoms with Crippen LogP contribution in [0.1, 0.15) is 16.1 Å². The minimum Gasteiger partial charge on any atom is -0.494 e. The van der Waals surface area contributed by atoms with Crippen molar-refractivity contribution in [2.75, 3.05) is 17.7 Å². The number of aromatic nitrogens is 2. The second kappa shape index (κ2) is 9.67. The van der Waals surface area contributed by atoms with Gasteiger partial charge in [-0.1, -0.05) is 18.2 Å². The maximum atomic E-state index is 13.9. The van der Waals surface area contributed by atoms with Gasteiger partial charge in [-0.25, -0.2) is 14.4 Å². The summed E-state index contributed by atoms with van der Waals surface area (Å²) in [7, 11) is 1.40. The van der Waals surface area contributed by atoms with E-state index >= 15 is 0 Å². The van der Waals surface area contributed by atoms with E-state index in [0.29, 0.717) is 32.8 Å². The fourth-order valence-electron chi connectivity index (χ4n) is 2.82. The van der Waals surface area contributed by atoms with Crippen LogP contribution >= 0.6 is 22.7 Å². The number of carbonyl (C=O) groups excluding carboxylic acids is 2. The predicted molar refractivity (Wildman–Crippen MR) is 123 cm³/mol. The van der Waals surface area contributed by atoms with Gasteiger partial charge in [0.2, 0.25) is 5.91 Å². The van der Waals surface area contributed by atoms with E-state index in [1.807, 2.05) is 6.07 Å². The molecule has 0 atom stereocenters. The molecule has 2 N–H and O–H groups in total. The Hall–Kier alpha value is -3.63. The largest absolute Gasteiger partial charge is 0.494 e. The van der Waals surface area contributed by atoms with Crippen LogP contribution in [0.3, 0.4) is 0 Å². The van der Waals surface area contributed by atoms with Gasteiger partial charge in [0.05, 0.1) is 24.9 Å². The van der Waals surface area contributed by atoms with Gasteiger partial charge >= 0.3 is 0 Å². The van der Waals surface area contributed by atoms with Crippen molar-refractivity contribution in [2.45, 2.75) is 6.42 Å². The Bertz CT molecular complexity index is 1260. The summed E-state index contributed by atoms with van der Waals surface area (Å²) in [5, 5.41) is 9.71. The Kier molecular flexibility index (Phi) is 6.52. The quantitative estimate of drug-likeness (QED) is 0.405. The lowest BCUT2D eigenvalue weighted by Gasteiger charge is -2.03. The smallest absolute Gasteiger partial charge is 0.257 e. The van der Waals surface area contributed by atoms with Gasteiger partial charge in [-0.2, -0.15) is 0 Å². The lowest BCUT2D eigenvalue weighted by atomic mass is 10.1. The summed E-state index contributed by atoms with van der Waals surface area (Å²) in [6, 6.07) is 13.4. The molecule has 2 aromatic carbocycles. The summed E-state index contributed by atoms with van der Waals surface area (Å²) in [4.78, 5) is 33.2. The summed E-state index contributed by atoms with van der Waals surface area (Å²) in [6.07, 6.45) is 0.0315. The van der Waals surface area contributed by atoms with Crippen LogP contribution < -0.4 is 15.4 Å². The van der Waals surface area contributed by atoms with Crippen molar-refractivity contribution in [3.63, 3.8) is 0 Å². The van der Waals surface area contributed by atoms with Gasteiger partial charge in [0.1, 0.15) is 0 Å². The minimum atomic E-state index is -0.484. The standard InChI is InChI=1S/C22H17FN4O3S2/c1-30-18-8-7-14(9-16(18)23)17-12-32-22(25-17)26-19(28)10-15-11-31-21(24-15)27-20(29)13-5-3-2-4-6-13/h2-9,11-12H,10H2,1H3,(H,24,27,29)(H,25,26,28). The molecular weight excluding hydrogens is 451 g/mol. The highest BCUT2D eigenvalue weighted by Crippen LogP contribution is 2.28. The second-order valence-electron chi connectivity index (χ2n) is 6.58. The Morgan fingerprint density at radius 3 is 2.50 bits per heavy atom. The third kappa shape index (κ3) is 5.16. The molecule has 7 nitrogen and oxygen atoms in total. The fourth-order valence-corrected chi connectivity index (χ4v) is 4.26. The summed E-state index contributed by atoms with van der Waals surface area (Å²) < 4.78 is 18.8.